The van der Waals surface area contributed by atoms with E-state index in [1.807, 2.05) is 0 Å². The van der Waals surface area contributed by atoms with Crippen LogP contribution < -0.4 is 0 Å². The minimum Gasteiger partial charge on any atom is -0.324 e. The van der Waals surface area contributed by atoms with Crippen molar-refractivity contribution in [3.63, 3.8) is 0 Å². The first-order valence-corrected chi connectivity index (χ1v) is 17.3. The number of rotatable bonds is 4. The Morgan fingerprint density at radius 1 is 0.696 bits per heavy atom. The summed E-state index contributed by atoms with van der Waals surface area (Å²) in [5.74, 6) is 1.75. The number of allylic oxidation sites excluding steroid dienone is 8. The van der Waals surface area contributed by atoms with Crippen molar-refractivity contribution in [1.29, 1.82) is 0 Å². The van der Waals surface area contributed by atoms with Gasteiger partial charge in [0.25, 0.3) is 0 Å². The maximum absolute atomic E-state index is 5.32. The van der Waals surface area contributed by atoms with Crippen molar-refractivity contribution in [2.45, 2.75) is 64.0 Å². The SMILES string of the molecule is CC1C=CC2N=C(C3=CCCC=C3)N(C3=CC=C(c4c5ccccc5c(C5=Cc6ccccc6CC5)c5ccccc45)CC3)C2C1. The number of hydrogen-bond acceptors (Lipinski definition) is 2. The van der Waals surface area contributed by atoms with Gasteiger partial charge in [-0.25, -0.2) is 0 Å². The summed E-state index contributed by atoms with van der Waals surface area (Å²) in [7, 11) is 0. The van der Waals surface area contributed by atoms with E-state index in [2.05, 4.69) is 133 Å². The lowest BCUT2D eigenvalue weighted by molar-refractivity contribution is 0.316. The Hall–Kier alpha value is -4.69. The monoisotopic (exact) mass is 596 g/mol. The smallest absolute Gasteiger partial charge is 0.135 e. The first-order chi connectivity index (χ1) is 22.7. The molecule has 0 N–H and O–H groups in total. The molecule has 0 amide bonds. The molecular formula is C44H40N2. The van der Waals surface area contributed by atoms with Gasteiger partial charge in [-0.1, -0.05) is 122 Å². The zero-order valence-electron chi connectivity index (χ0n) is 26.6. The highest BCUT2D eigenvalue weighted by atomic mass is 15.3. The molecule has 0 saturated carbocycles. The fraction of sp³-hybridized carbons (Fsp3) is 0.250. The van der Waals surface area contributed by atoms with Crippen LogP contribution in [0, 0.1) is 5.92 Å². The van der Waals surface area contributed by atoms with Gasteiger partial charge in [-0.05, 0) is 112 Å². The highest BCUT2D eigenvalue weighted by molar-refractivity contribution is 6.17. The van der Waals surface area contributed by atoms with E-state index >= 15 is 0 Å². The Balaban J connectivity index is 1.17. The summed E-state index contributed by atoms with van der Waals surface area (Å²) in [6.45, 7) is 2.35. The Labute approximate surface area is 272 Å². The van der Waals surface area contributed by atoms with Gasteiger partial charge in [-0.15, -0.1) is 0 Å². The molecule has 4 aliphatic carbocycles. The van der Waals surface area contributed by atoms with E-state index in [1.165, 1.54) is 72.1 Å². The van der Waals surface area contributed by atoms with Gasteiger partial charge in [0.05, 0.1) is 12.1 Å². The molecule has 4 aromatic carbocycles. The van der Waals surface area contributed by atoms with Crippen LogP contribution in [-0.2, 0) is 6.42 Å². The van der Waals surface area contributed by atoms with Crippen molar-refractivity contribution >= 4 is 44.6 Å². The van der Waals surface area contributed by atoms with Crippen molar-refractivity contribution in [3.8, 4) is 0 Å². The molecular weight excluding hydrogens is 556 g/mol. The second-order valence-electron chi connectivity index (χ2n) is 13.7. The van der Waals surface area contributed by atoms with E-state index in [1.54, 1.807) is 0 Å². The van der Waals surface area contributed by atoms with E-state index in [0.717, 1.165) is 44.9 Å². The molecule has 0 bridgehead atoms. The molecule has 2 nitrogen and oxygen atoms in total. The number of fused-ring (bicyclic) bond motifs is 4. The molecule has 0 radical (unpaired) electrons. The zero-order valence-corrected chi connectivity index (χ0v) is 26.6. The van der Waals surface area contributed by atoms with Gasteiger partial charge >= 0.3 is 0 Å². The molecule has 0 saturated heterocycles. The van der Waals surface area contributed by atoms with Crippen molar-refractivity contribution in [2.75, 3.05) is 0 Å². The third kappa shape index (κ3) is 4.57. The lowest BCUT2D eigenvalue weighted by Crippen LogP contribution is -2.41. The molecule has 4 aromatic rings. The van der Waals surface area contributed by atoms with Crippen LogP contribution in [0.1, 0.15) is 67.7 Å². The van der Waals surface area contributed by atoms with Crippen LogP contribution in [0.5, 0.6) is 0 Å². The summed E-state index contributed by atoms with van der Waals surface area (Å²) in [5.41, 5.74) is 11.2. The van der Waals surface area contributed by atoms with Gasteiger partial charge in [0.1, 0.15) is 5.84 Å². The number of nitrogens with zero attached hydrogens (tertiary/aromatic N) is 2. The highest BCUT2D eigenvalue weighted by Crippen LogP contribution is 2.45. The van der Waals surface area contributed by atoms with Crippen molar-refractivity contribution in [2.24, 2.45) is 10.9 Å². The van der Waals surface area contributed by atoms with Crippen LogP contribution >= 0.6 is 0 Å². The quantitative estimate of drug-likeness (QED) is 0.169. The Bertz CT molecular complexity index is 2060. The van der Waals surface area contributed by atoms with Gasteiger partial charge < -0.3 is 4.90 Å². The summed E-state index contributed by atoms with van der Waals surface area (Å²) < 4.78 is 0. The lowest BCUT2D eigenvalue weighted by atomic mass is 9.80. The molecule has 1 aliphatic heterocycles. The van der Waals surface area contributed by atoms with Gasteiger partial charge in [0.15, 0.2) is 0 Å². The van der Waals surface area contributed by atoms with Crippen LogP contribution in [0.15, 0.2) is 132 Å². The van der Waals surface area contributed by atoms with Gasteiger partial charge in [-0.2, -0.15) is 0 Å². The van der Waals surface area contributed by atoms with Gasteiger partial charge in [0.2, 0.25) is 0 Å². The summed E-state index contributed by atoms with van der Waals surface area (Å²) in [6, 6.07) is 27.8. The third-order valence-electron chi connectivity index (χ3n) is 10.8. The Kier molecular flexibility index (Phi) is 6.77. The summed E-state index contributed by atoms with van der Waals surface area (Å²) >= 11 is 0. The number of amidine groups is 1. The summed E-state index contributed by atoms with van der Waals surface area (Å²) in [6.07, 6.45) is 26.6. The highest BCUT2D eigenvalue weighted by Gasteiger charge is 2.40. The van der Waals surface area contributed by atoms with E-state index < -0.39 is 0 Å². The Morgan fingerprint density at radius 2 is 1.39 bits per heavy atom. The maximum Gasteiger partial charge on any atom is 0.135 e. The molecule has 0 fully saturated rings. The predicted molar refractivity (Wildman–Crippen MR) is 196 cm³/mol. The van der Waals surface area contributed by atoms with E-state index in [4.69, 9.17) is 4.99 Å². The average molecular weight is 597 g/mol. The van der Waals surface area contributed by atoms with Crippen LogP contribution in [0.4, 0.5) is 0 Å². The molecule has 1 heterocycles. The van der Waals surface area contributed by atoms with E-state index in [0.29, 0.717) is 12.0 Å². The molecule has 5 aliphatic rings. The predicted octanol–water partition coefficient (Wildman–Crippen LogP) is 10.9. The van der Waals surface area contributed by atoms with Gasteiger partial charge in [-0.3, -0.25) is 4.99 Å². The minimum absolute atomic E-state index is 0.246. The van der Waals surface area contributed by atoms with Crippen molar-refractivity contribution in [3.05, 3.63) is 149 Å². The molecule has 0 spiro atoms. The molecule has 3 atom stereocenters. The second kappa shape index (κ2) is 11.3. The molecule has 46 heavy (non-hydrogen) atoms. The lowest BCUT2D eigenvalue weighted by Gasteiger charge is -2.36. The standard InChI is InChI=1S/C44H40N2/c1-29-19-26-40-41(27-29)46(44(45-40)32-12-3-2-4-13-32)35-24-22-31(23-25-35)42-36-15-7-9-17-38(36)43(39-18-10-8-16-37(39)42)34-21-20-30-11-5-6-14-33(30)28-34/h3,5-19,22,24,26,28-29,40-41H,2,4,20-21,23,25,27H2,1H3. The van der Waals surface area contributed by atoms with E-state index in [9.17, 15) is 0 Å². The van der Waals surface area contributed by atoms with Gasteiger partial charge in [0, 0.05) is 11.3 Å². The maximum atomic E-state index is 5.32. The van der Waals surface area contributed by atoms with Crippen LogP contribution in [0.25, 0.3) is 38.8 Å². The van der Waals surface area contributed by atoms with Crippen molar-refractivity contribution in [1.82, 2.24) is 4.90 Å². The fourth-order valence-electron chi connectivity index (χ4n) is 8.60. The number of benzene rings is 4. The van der Waals surface area contributed by atoms with E-state index in [-0.39, 0.29) is 6.04 Å². The molecule has 226 valence electrons. The Morgan fingerprint density at radius 3 is 2.09 bits per heavy atom. The first kappa shape index (κ1) is 27.6. The minimum atomic E-state index is 0.246. The summed E-state index contributed by atoms with van der Waals surface area (Å²) in [4.78, 5) is 7.94. The molecule has 2 heteroatoms. The van der Waals surface area contributed by atoms with Crippen LogP contribution in [0.2, 0.25) is 0 Å². The first-order valence-electron chi connectivity index (χ1n) is 17.3. The molecule has 9 rings (SSSR count). The largest absolute Gasteiger partial charge is 0.324 e. The van der Waals surface area contributed by atoms with Crippen molar-refractivity contribution < 1.29 is 0 Å². The second-order valence-corrected chi connectivity index (χ2v) is 13.7. The number of aryl methyl sites for hydroxylation is 1. The zero-order chi connectivity index (χ0) is 30.6. The topological polar surface area (TPSA) is 15.6 Å². The normalized spacial score (nSPS) is 23.8. The average Bonchev–Trinajstić information content (AvgIpc) is 3.49. The van der Waals surface area contributed by atoms with Crippen LogP contribution in [-0.4, -0.2) is 22.8 Å². The fourth-order valence-corrected chi connectivity index (χ4v) is 8.60. The number of aliphatic imine (C=N–C) groups is 1. The third-order valence-corrected chi connectivity index (χ3v) is 10.8. The molecule has 3 unspecified atom stereocenters. The number of hydrogen-bond donors (Lipinski definition) is 0. The molecule has 0 aromatic heterocycles. The summed E-state index contributed by atoms with van der Waals surface area (Å²) in [5, 5.41) is 5.47. The van der Waals surface area contributed by atoms with Crippen LogP contribution in [0.3, 0.4) is 0 Å².